The first-order valence-electron chi connectivity index (χ1n) is 9.88. The number of fused-ring (bicyclic) bond motifs is 4. The van der Waals surface area contributed by atoms with Crippen LogP contribution in [0, 0.1) is 0 Å². The number of aliphatic imine (C=N–C) groups is 1. The van der Waals surface area contributed by atoms with Crippen LogP contribution in [0.5, 0.6) is 5.75 Å². The third-order valence-corrected chi connectivity index (χ3v) is 6.38. The van der Waals surface area contributed by atoms with Gasteiger partial charge in [0.2, 0.25) is 0 Å². The summed E-state index contributed by atoms with van der Waals surface area (Å²) in [6.07, 6.45) is 7.05. The maximum absolute atomic E-state index is 13.3. The zero-order chi connectivity index (χ0) is 18.4. The Morgan fingerprint density at radius 3 is 2.93 bits per heavy atom. The molecule has 2 aromatic rings. The normalized spacial score (nSPS) is 22.8. The van der Waals surface area contributed by atoms with Gasteiger partial charge >= 0.3 is 0 Å². The molecule has 2 aliphatic heterocycles. The molecular weight excluding hydrogens is 336 g/mol. The lowest BCUT2D eigenvalue weighted by Gasteiger charge is -2.45. The second-order valence-corrected chi connectivity index (χ2v) is 7.78. The van der Waals surface area contributed by atoms with Crippen molar-refractivity contribution in [1.29, 1.82) is 0 Å². The molecule has 4 nitrogen and oxygen atoms in total. The van der Waals surface area contributed by atoms with Crippen LogP contribution in [0.4, 0.5) is 5.69 Å². The Balaban J connectivity index is 1.46. The number of carbonyl (C=O) groups excluding carboxylic acids is 1. The maximum atomic E-state index is 13.3. The predicted molar refractivity (Wildman–Crippen MR) is 106 cm³/mol. The summed E-state index contributed by atoms with van der Waals surface area (Å²) in [7, 11) is 1.72. The maximum Gasteiger partial charge on any atom is 0.254 e. The van der Waals surface area contributed by atoms with Crippen molar-refractivity contribution in [3.05, 3.63) is 58.7 Å². The summed E-state index contributed by atoms with van der Waals surface area (Å²) in [5.74, 6) is 1.48. The van der Waals surface area contributed by atoms with E-state index in [4.69, 9.17) is 4.74 Å². The Morgan fingerprint density at radius 2 is 2.04 bits per heavy atom. The van der Waals surface area contributed by atoms with Gasteiger partial charge < -0.3 is 9.64 Å². The van der Waals surface area contributed by atoms with E-state index in [0.29, 0.717) is 5.92 Å². The highest BCUT2D eigenvalue weighted by Gasteiger charge is 2.38. The van der Waals surface area contributed by atoms with Gasteiger partial charge in [-0.05, 0) is 66.6 Å². The topological polar surface area (TPSA) is 41.9 Å². The highest BCUT2D eigenvalue weighted by Crippen LogP contribution is 2.42. The molecule has 2 aromatic carbocycles. The Morgan fingerprint density at radius 1 is 1.15 bits per heavy atom. The number of hydrogen-bond donors (Lipinski definition) is 0. The van der Waals surface area contributed by atoms with Crippen LogP contribution in [0.25, 0.3) is 0 Å². The van der Waals surface area contributed by atoms with Crippen LogP contribution in [0.2, 0.25) is 0 Å². The van der Waals surface area contributed by atoms with E-state index < -0.39 is 0 Å². The minimum atomic E-state index is 0.154. The van der Waals surface area contributed by atoms with Crippen molar-refractivity contribution in [2.24, 2.45) is 4.99 Å². The second kappa shape index (κ2) is 6.52. The molecule has 1 fully saturated rings. The lowest BCUT2D eigenvalue weighted by Crippen LogP contribution is -2.49. The van der Waals surface area contributed by atoms with E-state index in [0.717, 1.165) is 55.6 Å². The number of benzene rings is 2. The van der Waals surface area contributed by atoms with Gasteiger partial charge in [0.25, 0.3) is 5.91 Å². The molecule has 0 saturated carbocycles. The van der Waals surface area contributed by atoms with E-state index in [-0.39, 0.29) is 11.9 Å². The number of nitrogens with zero attached hydrogens (tertiary/aromatic N) is 2. The number of likely N-dealkylation sites (tertiary alicyclic amines) is 1. The number of hydrogen-bond acceptors (Lipinski definition) is 3. The molecule has 2 atom stereocenters. The number of methoxy groups -OCH3 is 1. The fraction of sp³-hybridized carbons (Fsp3) is 0.391. The van der Waals surface area contributed by atoms with Crippen molar-refractivity contribution < 1.29 is 9.53 Å². The van der Waals surface area contributed by atoms with Crippen LogP contribution in [0.15, 0.2) is 41.4 Å². The molecule has 27 heavy (non-hydrogen) atoms. The van der Waals surface area contributed by atoms with Gasteiger partial charge in [-0.25, -0.2) is 0 Å². The van der Waals surface area contributed by atoms with Crippen molar-refractivity contribution in [3.63, 3.8) is 0 Å². The molecule has 138 valence electrons. The van der Waals surface area contributed by atoms with E-state index in [1.165, 1.54) is 16.7 Å². The SMILES string of the molecule is COc1ccc2c(c1)C1CCCN(C(=O)c3ccc4c(c3)N=CC4)[C@@H]1CC2. The van der Waals surface area contributed by atoms with Crippen LogP contribution >= 0.6 is 0 Å². The van der Waals surface area contributed by atoms with Crippen molar-refractivity contribution >= 4 is 17.8 Å². The number of aryl methyl sites for hydroxylation is 1. The summed E-state index contributed by atoms with van der Waals surface area (Å²) in [5.41, 5.74) is 5.72. The monoisotopic (exact) mass is 360 g/mol. The van der Waals surface area contributed by atoms with Gasteiger partial charge in [0, 0.05) is 36.7 Å². The number of amides is 1. The van der Waals surface area contributed by atoms with Crippen LogP contribution in [-0.4, -0.2) is 36.7 Å². The quantitative estimate of drug-likeness (QED) is 0.802. The average molecular weight is 360 g/mol. The summed E-state index contributed by atoms with van der Waals surface area (Å²) in [6, 6.07) is 12.7. The van der Waals surface area contributed by atoms with Gasteiger partial charge in [-0.1, -0.05) is 12.1 Å². The summed E-state index contributed by atoms with van der Waals surface area (Å²) in [5, 5.41) is 0. The number of carbonyl (C=O) groups is 1. The summed E-state index contributed by atoms with van der Waals surface area (Å²) < 4.78 is 5.45. The van der Waals surface area contributed by atoms with E-state index >= 15 is 0 Å². The molecule has 5 rings (SSSR count). The predicted octanol–water partition coefficient (Wildman–Crippen LogP) is 4.29. The van der Waals surface area contributed by atoms with Crippen molar-refractivity contribution in [1.82, 2.24) is 4.90 Å². The summed E-state index contributed by atoms with van der Waals surface area (Å²) >= 11 is 0. The summed E-state index contributed by atoms with van der Waals surface area (Å²) in [6.45, 7) is 0.847. The Bertz CT molecular complexity index is 934. The molecule has 0 spiro atoms. The highest BCUT2D eigenvalue weighted by molar-refractivity contribution is 5.96. The fourth-order valence-corrected chi connectivity index (χ4v) is 5.00. The standard InChI is InChI=1S/C23H24N2O2/c1-27-18-8-6-15-7-9-22-19(20(15)14-18)3-2-12-25(22)23(26)17-5-4-16-10-11-24-21(16)13-17/h4-6,8,11,13-14,19,22H,2-3,7,9-10,12H2,1H3/t19?,22-/m1/s1. The minimum Gasteiger partial charge on any atom is -0.497 e. The number of piperidine rings is 1. The first-order valence-corrected chi connectivity index (χ1v) is 9.88. The molecule has 4 heteroatoms. The first-order chi connectivity index (χ1) is 13.2. The third kappa shape index (κ3) is 2.75. The molecule has 1 unspecified atom stereocenters. The molecule has 0 aromatic heterocycles. The zero-order valence-corrected chi connectivity index (χ0v) is 15.6. The molecular formula is C23H24N2O2. The average Bonchev–Trinajstić information content (AvgIpc) is 3.20. The van der Waals surface area contributed by atoms with Gasteiger partial charge in [0.05, 0.1) is 12.8 Å². The van der Waals surface area contributed by atoms with E-state index in [9.17, 15) is 4.79 Å². The molecule has 0 N–H and O–H groups in total. The molecule has 1 amide bonds. The summed E-state index contributed by atoms with van der Waals surface area (Å²) in [4.78, 5) is 19.9. The molecule has 2 heterocycles. The lowest BCUT2D eigenvalue weighted by atomic mass is 9.74. The van der Waals surface area contributed by atoms with Crippen molar-refractivity contribution in [2.75, 3.05) is 13.7 Å². The first kappa shape index (κ1) is 16.5. The van der Waals surface area contributed by atoms with Crippen molar-refractivity contribution in [2.45, 2.75) is 44.1 Å². The highest BCUT2D eigenvalue weighted by atomic mass is 16.5. The van der Waals surface area contributed by atoms with Gasteiger partial charge in [-0.3, -0.25) is 9.79 Å². The van der Waals surface area contributed by atoms with Gasteiger partial charge in [-0.15, -0.1) is 0 Å². The fourth-order valence-electron chi connectivity index (χ4n) is 5.00. The number of ether oxygens (including phenoxy) is 1. The van der Waals surface area contributed by atoms with Crippen molar-refractivity contribution in [3.8, 4) is 5.75 Å². The lowest BCUT2D eigenvalue weighted by molar-refractivity contribution is 0.0546. The zero-order valence-electron chi connectivity index (χ0n) is 15.6. The molecule has 0 radical (unpaired) electrons. The number of rotatable bonds is 2. The molecule has 0 bridgehead atoms. The van der Waals surface area contributed by atoms with Gasteiger partial charge in [0.1, 0.15) is 5.75 Å². The molecule has 1 aliphatic carbocycles. The van der Waals surface area contributed by atoms with Gasteiger partial charge in [0.15, 0.2) is 0 Å². The Labute approximate surface area is 159 Å². The van der Waals surface area contributed by atoms with Crippen LogP contribution in [0.1, 0.15) is 52.2 Å². The largest absolute Gasteiger partial charge is 0.497 e. The smallest absolute Gasteiger partial charge is 0.254 e. The second-order valence-electron chi connectivity index (χ2n) is 7.78. The van der Waals surface area contributed by atoms with Gasteiger partial charge in [-0.2, -0.15) is 0 Å². The van der Waals surface area contributed by atoms with E-state index in [1.54, 1.807) is 7.11 Å². The molecule has 3 aliphatic rings. The molecule has 1 saturated heterocycles. The Hall–Kier alpha value is -2.62. The Kier molecular flexibility index (Phi) is 4.00. The minimum absolute atomic E-state index is 0.154. The van der Waals surface area contributed by atoms with Crippen LogP contribution in [0.3, 0.4) is 0 Å². The third-order valence-electron chi connectivity index (χ3n) is 6.38. The van der Waals surface area contributed by atoms with E-state index in [1.807, 2.05) is 18.3 Å². The van der Waals surface area contributed by atoms with Crippen LogP contribution in [-0.2, 0) is 12.8 Å². The van der Waals surface area contributed by atoms with Crippen LogP contribution < -0.4 is 4.74 Å². The van der Waals surface area contributed by atoms with E-state index in [2.05, 4.69) is 34.2 Å².